The molecule has 0 spiro atoms. The van der Waals surface area contributed by atoms with Gasteiger partial charge in [0.1, 0.15) is 29.4 Å². The summed E-state index contributed by atoms with van der Waals surface area (Å²) < 4.78 is 24.8. The van der Waals surface area contributed by atoms with E-state index in [0.29, 0.717) is 46.2 Å². The van der Waals surface area contributed by atoms with Crippen molar-refractivity contribution in [3.63, 3.8) is 0 Å². The Morgan fingerprint density at radius 3 is 2.63 bits per heavy atom. The first-order chi connectivity index (χ1) is 20.1. The highest BCUT2D eigenvalue weighted by Crippen LogP contribution is 2.35. The molecule has 41 heavy (non-hydrogen) atoms. The summed E-state index contributed by atoms with van der Waals surface area (Å²) in [4.78, 5) is 17.7. The van der Waals surface area contributed by atoms with Crippen LogP contribution in [0.15, 0.2) is 77.3 Å². The van der Waals surface area contributed by atoms with Crippen LogP contribution in [0.5, 0.6) is 16.7 Å². The summed E-state index contributed by atoms with van der Waals surface area (Å²) in [5.74, 6) is 2.01. The number of furan rings is 1. The average molecular weight is 567 g/mol. The van der Waals surface area contributed by atoms with E-state index in [2.05, 4.69) is 15.4 Å². The van der Waals surface area contributed by atoms with E-state index in [9.17, 15) is 4.79 Å². The number of nitrogens with one attached hydrogen (secondary N) is 1. The number of hydrogen-bond acceptors (Lipinski definition) is 8. The number of ether oxygens (including phenoxy) is 3. The third-order valence-electron chi connectivity index (χ3n) is 7.01. The molecule has 6 aromatic rings. The van der Waals surface area contributed by atoms with Crippen molar-refractivity contribution in [3.05, 3.63) is 84.1 Å². The molecule has 3 heterocycles. The number of amides is 1. The van der Waals surface area contributed by atoms with Crippen molar-refractivity contribution in [3.8, 4) is 39.3 Å². The van der Waals surface area contributed by atoms with Gasteiger partial charge in [-0.1, -0.05) is 24.3 Å². The molecule has 206 valence electrons. The molecule has 3 aromatic carbocycles. The summed E-state index contributed by atoms with van der Waals surface area (Å²) in [7, 11) is 3.21. The van der Waals surface area contributed by atoms with Gasteiger partial charge in [-0.25, -0.2) is 9.50 Å². The number of aromatic nitrogens is 3. The Morgan fingerprint density at radius 2 is 1.88 bits per heavy atom. The van der Waals surface area contributed by atoms with Crippen LogP contribution in [-0.2, 0) is 6.61 Å². The fourth-order valence-corrected chi connectivity index (χ4v) is 5.37. The number of benzene rings is 3. The van der Waals surface area contributed by atoms with Gasteiger partial charge in [0, 0.05) is 28.6 Å². The maximum atomic E-state index is 12.3. The number of fused-ring (bicyclic) bond motifs is 2. The molecule has 0 radical (unpaired) electrons. The lowest BCUT2D eigenvalue weighted by Crippen LogP contribution is -2.25. The van der Waals surface area contributed by atoms with Crippen molar-refractivity contribution in [2.24, 2.45) is 0 Å². The lowest BCUT2D eigenvalue weighted by molar-refractivity contribution is 0.0951. The molecule has 1 saturated carbocycles. The zero-order valence-electron chi connectivity index (χ0n) is 22.4. The van der Waals surface area contributed by atoms with E-state index in [1.54, 1.807) is 18.7 Å². The molecule has 1 aliphatic carbocycles. The first-order valence-corrected chi connectivity index (χ1v) is 14.0. The lowest BCUT2D eigenvalue weighted by Gasteiger charge is -2.11. The summed E-state index contributed by atoms with van der Waals surface area (Å²) in [5.41, 5.74) is 4.96. The van der Waals surface area contributed by atoms with Gasteiger partial charge in [-0.05, 0) is 71.7 Å². The molecule has 1 fully saturated rings. The number of carbonyl (C=O) groups is 1. The Kier molecular flexibility index (Phi) is 6.31. The van der Waals surface area contributed by atoms with Gasteiger partial charge in [0.15, 0.2) is 5.76 Å². The number of methoxy groups -OCH3 is 2. The quantitative estimate of drug-likeness (QED) is 0.217. The number of nitrogens with zero attached hydrogens (tertiary/aromatic N) is 3. The predicted molar refractivity (Wildman–Crippen MR) is 156 cm³/mol. The zero-order chi connectivity index (χ0) is 27.9. The number of carbonyl (C=O) groups excluding carboxylic acids is 1. The molecule has 10 heteroatoms. The second-order valence-corrected chi connectivity index (χ2v) is 10.8. The standard InChI is InChI=1S/C31H26N4O5S/c1-37-24-13-21(25-15-28(40-27(25)14-24)26-16-35-30(33-26)41-31(34-35)38-2)17-39-23-5-3-4-20(12-23)18-6-8-19(9-7-18)29(36)32-22-10-11-22/h3-9,12-16,22H,10-11,17H2,1-2H3,(H,32,36). The van der Waals surface area contributed by atoms with E-state index >= 15 is 0 Å². The molecule has 1 N–H and O–H groups in total. The summed E-state index contributed by atoms with van der Waals surface area (Å²) >= 11 is 1.36. The van der Waals surface area contributed by atoms with Crippen LogP contribution >= 0.6 is 11.3 Å². The van der Waals surface area contributed by atoms with Crippen molar-refractivity contribution >= 4 is 33.2 Å². The monoisotopic (exact) mass is 566 g/mol. The van der Waals surface area contributed by atoms with Crippen LogP contribution in [0, 0.1) is 0 Å². The maximum absolute atomic E-state index is 12.3. The molecule has 1 aliphatic rings. The molecule has 0 saturated heterocycles. The fraction of sp³-hybridized carbons (Fsp3) is 0.194. The first-order valence-electron chi connectivity index (χ1n) is 13.2. The molecule has 7 rings (SSSR count). The highest BCUT2D eigenvalue weighted by molar-refractivity contribution is 7.18. The van der Waals surface area contributed by atoms with Crippen LogP contribution in [0.3, 0.4) is 0 Å². The third-order valence-corrected chi connectivity index (χ3v) is 7.89. The van der Waals surface area contributed by atoms with Gasteiger partial charge < -0.3 is 23.9 Å². The van der Waals surface area contributed by atoms with Crippen LogP contribution in [0.1, 0.15) is 28.8 Å². The Labute approximate surface area is 239 Å². The normalized spacial score (nSPS) is 13.0. The van der Waals surface area contributed by atoms with Crippen LogP contribution in [-0.4, -0.2) is 40.8 Å². The smallest absolute Gasteiger partial charge is 0.294 e. The highest BCUT2D eigenvalue weighted by atomic mass is 32.1. The number of hydrogen-bond donors (Lipinski definition) is 1. The van der Waals surface area contributed by atoms with E-state index in [-0.39, 0.29) is 5.91 Å². The van der Waals surface area contributed by atoms with Crippen LogP contribution in [0.4, 0.5) is 0 Å². The number of rotatable bonds is 9. The van der Waals surface area contributed by atoms with Crippen molar-refractivity contribution in [1.29, 1.82) is 0 Å². The minimum Gasteiger partial charge on any atom is -0.497 e. The summed E-state index contributed by atoms with van der Waals surface area (Å²) in [6.45, 7) is 0.313. The van der Waals surface area contributed by atoms with Gasteiger partial charge in [-0.2, -0.15) is 0 Å². The lowest BCUT2D eigenvalue weighted by atomic mass is 10.0. The largest absolute Gasteiger partial charge is 0.497 e. The molecule has 0 unspecified atom stereocenters. The van der Waals surface area contributed by atoms with Gasteiger partial charge in [0.05, 0.1) is 20.4 Å². The Morgan fingerprint density at radius 1 is 1.02 bits per heavy atom. The van der Waals surface area contributed by atoms with Gasteiger partial charge in [0.2, 0.25) is 4.96 Å². The molecule has 0 aliphatic heterocycles. The minimum absolute atomic E-state index is 0.0206. The Hall–Kier alpha value is -4.83. The van der Waals surface area contributed by atoms with E-state index < -0.39 is 0 Å². The predicted octanol–water partition coefficient (Wildman–Crippen LogP) is 6.36. The van der Waals surface area contributed by atoms with Gasteiger partial charge in [0.25, 0.3) is 11.1 Å². The van der Waals surface area contributed by atoms with E-state index in [1.807, 2.05) is 72.9 Å². The molecule has 3 aromatic heterocycles. The Bertz CT molecular complexity index is 1850. The summed E-state index contributed by atoms with van der Waals surface area (Å²) in [5, 5.41) is 8.83. The van der Waals surface area contributed by atoms with E-state index in [1.165, 1.54) is 11.3 Å². The first kappa shape index (κ1) is 25.2. The average Bonchev–Trinajstić information content (AvgIpc) is 3.38. The molecular weight excluding hydrogens is 540 g/mol. The number of imidazole rings is 1. The molecule has 9 nitrogen and oxygen atoms in total. The van der Waals surface area contributed by atoms with Gasteiger partial charge >= 0.3 is 0 Å². The van der Waals surface area contributed by atoms with Gasteiger partial charge in [-0.15, -0.1) is 5.10 Å². The second kappa shape index (κ2) is 10.3. The van der Waals surface area contributed by atoms with Crippen molar-refractivity contribution in [2.75, 3.05) is 14.2 Å². The summed E-state index contributed by atoms with van der Waals surface area (Å²) in [6, 6.07) is 21.7. The molecule has 0 atom stereocenters. The van der Waals surface area contributed by atoms with Gasteiger partial charge in [-0.3, -0.25) is 4.79 Å². The van der Waals surface area contributed by atoms with E-state index in [4.69, 9.17) is 18.6 Å². The Balaban J connectivity index is 1.12. The molecule has 0 bridgehead atoms. The highest BCUT2D eigenvalue weighted by Gasteiger charge is 2.23. The third kappa shape index (κ3) is 5.09. The SMILES string of the molecule is COc1cc(COc2cccc(-c3ccc(C(=O)NC4CC4)cc3)c2)c2cc(-c3cn4nc(OC)sc4n3)oc2c1. The van der Waals surface area contributed by atoms with Crippen molar-refractivity contribution in [1.82, 2.24) is 19.9 Å². The van der Waals surface area contributed by atoms with Crippen LogP contribution in [0.25, 0.3) is 38.5 Å². The maximum Gasteiger partial charge on any atom is 0.294 e. The second-order valence-electron chi connectivity index (χ2n) is 9.88. The minimum atomic E-state index is -0.0206. The topological polar surface area (TPSA) is 100 Å². The fourth-order valence-electron chi connectivity index (χ4n) is 4.67. The van der Waals surface area contributed by atoms with Crippen molar-refractivity contribution < 1.29 is 23.4 Å². The molecular formula is C31H26N4O5S. The van der Waals surface area contributed by atoms with Crippen molar-refractivity contribution in [2.45, 2.75) is 25.5 Å². The van der Waals surface area contributed by atoms with Crippen LogP contribution < -0.4 is 19.5 Å². The summed E-state index contributed by atoms with van der Waals surface area (Å²) in [6.07, 6.45) is 3.95. The zero-order valence-corrected chi connectivity index (χ0v) is 23.2. The molecule has 1 amide bonds. The van der Waals surface area contributed by atoms with Crippen LogP contribution in [0.2, 0.25) is 0 Å². The van der Waals surface area contributed by atoms with E-state index in [0.717, 1.165) is 45.6 Å².